The van der Waals surface area contributed by atoms with E-state index in [0.717, 1.165) is 105 Å². The number of anilines is 4. The first-order valence-electron chi connectivity index (χ1n) is 23.6. The van der Waals surface area contributed by atoms with Crippen molar-refractivity contribution in [1.82, 2.24) is 9.80 Å². The number of carbonyl (C=O) groups excluding carboxylic acids is 2. The Balaban J connectivity index is 1.22. The lowest BCUT2D eigenvalue weighted by molar-refractivity contribution is -0.124. The summed E-state index contributed by atoms with van der Waals surface area (Å²) in [5.74, 6) is 0.414. The first kappa shape index (κ1) is 46.2. The van der Waals surface area contributed by atoms with Gasteiger partial charge >= 0.3 is 0 Å². The number of hydrogen-bond donors (Lipinski definition) is 0. The molecule has 10 heteroatoms. The monoisotopic (exact) mass is 912 g/mol. The lowest BCUT2D eigenvalue weighted by atomic mass is 9.98. The molecular formula is C56H60N6O2S2. The van der Waals surface area contributed by atoms with Gasteiger partial charge in [-0.3, -0.25) is 9.59 Å². The SMILES string of the molecule is CCCCC(CC)CN1C(=O)C2=C(c3ccc(/C=N/N(c4ccccc4)c4ccccc4)s3)N(CC(CC)CCCC)C(=O)C2=C1c1ccc(/C=N/N(c2ccccc2)c2ccccc2)s1. The minimum atomic E-state index is -0.0895. The van der Waals surface area contributed by atoms with E-state index >= 15 is 9.59 Å². The average molecular weight is 913 g/mol. The molecule has 6 aromatic rings. The van der Waals surface area contributed by atoms with Crippen LogP contribution in [0.1, 0.15) is 98.6 Å². The molecule has 0 radical (unpaired) electrons. The Kier molecular flexibility index (Phi) is 15.5. The molecule has 0 bridgehead atoms. The van der Waals surface area contributed by atoms with Gasteiger partial charge in [-0.1, -0.05) is 139 Å². The fraction of sp³-hybridized carbons (Fsp3) is 0.286. The van der Waals surface area contributed by atoms with Gasteiger partial charge in [-0.15, -0.1) is 22.7 Å². The van der Waals surface area contributed by atoms with Crippen molar-refractivity contribution in [3.8, 4) is 0 Å². The van der Waals surface area contributed by atoms with Gasteiger partial charge in [0.05, 0.1) is 67.5 Å². The van der Waals surface area contributed by atoms with E-state index in [0.29, 0.717) is 36.1 Å². The second-order valence-corrected chi connectivity index (χ2v) is 19.2. The highest BCUT2D eigenvalue weighted by atomic mass is 32.1. The van der Waals surface area contributed by atoms with Gasteiger partial charge in [-0.05, 0) is 97.5 Å². The van der Waals surface area contributed by atoms with E-state index in [4.69, 9.17) is 10.2 Å². The smallest absolute Gasteiger partial charge is 0.261 e. The van der Waals surface area contributed by atoms with Crippen molar-refractivity contribution in [3.05, 3.63) is 176 Å². The molecule has 0 saturated carbocycles. The molecule has 0 aliphatic carbocycles. The number of rotatable bonds is 22. The third-order valence-electron chi connectivity index (χ3n) is 12.5. The molecule has 2 aromatic heterocycles. The van der Waals surface area contributed by atoms with Crippen LogP contribution in [0.3, 0.4) is 0 Å². The van der Waals surface area contributed by atoms with E-state index in [9.17, 15) is 0 Å². The molecule has 8 nitrogen and oxygen atoms in total. The maximum Gasteiger partial charge on any atom is 0.261 e. The van der Waals surface area contributed by atoms with Gasteiger partial charge in [0.2, 0.25) is 0 Å². The molecule has 4 heterocycles. The number of fused-ring (bicyclic) bond motifs is 1. The molecule has 0 fully saturated rings. The number of unbranched alkanes of at least 4 members (excludes halogenated alkanes) is 2. The van der Waals surface area contributed by atoms with Gasteiger partial charge in [-0.2, -0.15) is 10.2 Å². The quantitative estimate of drug-likeness (QED) is 0.0502. The van der Waals surface area contributed by atoms with Gasteiger partial charge in [0.15, 0.2) is 0 Å². The van der Waals surface area contributed by atoms with Gasteiger partial charge in [-0.25, -0.2) is 10.0 Å². The van der Waals surface area contributed by atoms with Crippen molar-refractivity contribution < 1.29 is 9.59 Å². The molecule has 2 atom stereocenters. The van der Waals surface area contributed by atoms with Crippen LogP contribution in [0, 0.1) is 11.8 Å². The third kappa shape index (κ3) is 10.4. The Morgan fingerprint density at radius 1 is 0.485 bits per heavy atom. The van der Waals surface area contributed by atoms with Gasteiger partial charge in [0.1, 0.15) is 0 Å². The van der Waals surface area contributed by atoms with E-state index in [-0.39, 0.29) is 11.8 Å². The van der Waals surface area contributed by atoms with E-state index in [1.807, 2.05) is 154 Å². The minimum absolute atomic E-state index is 0.0895. The molecule has 2 aliphatic rings. The molecule has 2 aliphatic heterocycles. The van der Waals surface area contributed by atoms with Crippen LogP contribution in [0.4, 0.5) is 22.7 Å². The number of carbonyl (C=O) groups is 2. The summed E-state index contributed by atoms with van der Waals surface area (Å²) in [4.78, 5) is 38.2. The van der Waals surface area contributed by atoms with Crippen molar-refractivity contribution in [3.63, 3.8) is 0 Å². The number of benzene rings is 4. The predicted octanol–water partition coefficient (Wildman–Crippen LogP) is 14.4. The summed E-state index contributed by atoms with van der Waals surface area (Å²) in [6.07, 6.45) is 12.1. The summed E-state index contributed by atoms with van der Waals surface area (Å²) in [5.41, 5.74) is 6.28. The topological polar surface area (TPSA) is 71.8 Å². The summed E-state index contributed by atoms with van der Waals surface area (Å²) in [6.45, 7) is 9.97. The lowest BCUT2D eigenvalue weighted by Gasteiger charge is -2.29. The van der Waals surface area contributed by atoms with Gasteiger partial charge in [0.25, 0.3) is 11.8 Å². The van der Waals surface area contributed by atoms with Crippen LogP contribution in [0.25, 0.3) is 11.4 Å². The zero-order valence-electron chi connectivity index (χ0n) is 38.6. The Hall–Kier alpha value is -6.36. The summed E-state index contributed by atoms with van der Waals surface area (Å²) < 4.78 is 0. The number of nitrogens with zero attached hydrogens (tertiary/aromatic N) is 6. The van der Waals surface area contributed by atoms with Crippen molar-refractivity contribution in [2.24, 2.45) is 22.0 Å². The Morgan fingerprint density at radius 3 is 1.12 bits per heavy atom. The third-order valence-corrected chi connectivity index (χ3v) is 14.5. The molecule has 338 valence electrons. The zero-order chi connectivity index (χ0) is 45.8. The van der Waals surface area contributed by atoms with E-state index in [1.165, 1.54) is 0 Å². The van der Waals surface area contributed by atoms with Crippen LogP contribution < -0.4 is 10.0 Å². The molecule has 66 heavy (non-hydrogen) atoms. The van der Waals surface area contributed by atoms with Crippen LogP contribution in [0.5, 0.6) is 0 Å². The Morgan fingerprint density at radius 2 is 0.818 bits per heavy atom. The lowest BCUT2D eigenvalue weighted by Crippen LogP contribution is -2.34. The number of thiophene rings is 2. The van der Waals surface area contributed by atoms with Gasteiger partial charge < -0.3 is 9.80 Å². The zero-order valence-corrected chi connectivity index (χ0v) is 40.2. The fourth-order valence-corrected chi connectivity index (χ4v) is 10.6. The van der Waals surface area contributed by atoms with E-state index in [2.05, 4.69) is 52.0 Å². The molecule has 4 aromatic carbocycles. The second-order valence-electron chi connectivity index (χ2n) is 17.0. The summed E-state index contributed by atoms with van der Waals surface area (Å²) in [5, 5.41) is 13.9. The van der Waals surface area contributed by atoms with Crippen LogP contribution >= 0.6 is 22.7 Å². The van der Waals surface area contributed by atoms with Crippen LogP contribution in [0.2, 0.25) is 0 Å². The van der Waals surface area contributed by atoms with Crippen LogP contribution in [-0.2, 0) is 9.59 Å². The van der Waals surface area contributed by atoms with Crippen molar-refractivity contribution in [2.75, 3.05) is 23.1 Å². The van der Waals surface area contributed by atoms with Crippen LogP contribution in [0.15, 0.2) is 167 Å². The normalized spacial score (nSPS) is 14.9. The maximum absolute atomic E-state index is 15.4. The molecule has 8 rings (SSSR count). The molecule has 0 spiro atoms. The summed E-state index contributed by atoms with van der Waals surface area (Å²) in [6, 6.07) is 48.7. The number of hydrogen-bond acceptors (Lipinski definition) is 8. The largest absolute Gasteiger partial charge is 0.306 e. The number of hydrazone groups is 2. The van der Waals surface area contributed by atoms with E-state index in [1.54, 1.807) is 22.7 Å². The van der Waals surface area contributed by atoms with Crippen molar-refractivity contribution in [1.29, 1.82) is 0 Å². The highest BCUT2D eigenvalue weighted by molar-refractivity contribution is 7.15. The highest BCUT2D eigenvalue weighted by Crippen LogP contribution is 2.49. The van der Waals surface area contributed by atoms with Crippen molar-refractivity contribution >= 4 is 81.1 Å². The number of amides is 2. The highest BCUT2D eigenvalue weighted by Gasteiger charge is 2.50. The second kappa shape index (κ2) is 22.2. The Labute approximate surface area is 398 Å². The fourth-order valence-electron chi connectivity index (χ4n) is 8.78. The number of para-hydroxylation sites is 4. The first-order chi connectivity index (χ1) is 32.4. The van der Waals surface area contributed by atoms with Gasteiger partial charge in [0, 0.05) is 22.8 Å². The summed E-state index contributed by atoms with van der Waals surface area (Å²) >= 11 is 3.14. The Bertz CT molecular complexity index is 2410. The molecule has 0 saturated heterocycles. The maximum atomic E-state index is 15.4. The standard InChI is InChI=1S/C56H60N6O2S2/c1-5-9-23-41(7-3)39-59-53(49-35-33-47(65-49)37-57-61(43-25-15-11-16-26-43)44-27-17-12-18-28-44)51-52(55(59)63)54(60(56(51)64)40-42(8-4)24-10-6-2)50-36-34-48(66-50)38-58-62(45-29-19-13-20-30-45)46-31-21-14-22-32-46/h11-22,25-38,41-42H,5-10,23-24,39-40H2,1-4H3/b57-37+,58-38+. The first-order valence-corrected chi connectivity index (χ1v) is 25.3. The predicted molar refractivity (Wildman–Crippen MR) is 278 cm³/mol. The minimum Gasteiger partial charge on any atom is -0.306 e. The average Bonchev–Trinajstić information content (AvgIpc) is 4.15. The summed E-state index contributed by atoms with van der Waals surface area (Å²) in [7, 11) is 0. The van der Waals surface area contributed by atoms with Crippen molar-refractivity contribution in [2.45, 2.75) is 79.1 Å². The van der Waals surface area contributed by atoms with E-state index < -0.39 is 0 Å². The molecular weight excluding hydrogens is 853 g/mol. The molecule has 0 N–H and O–H groups in total. The van der Waals surface area contributed by atoms with Crippen LogP contribution in [-0.4, -0.2) is 47.1 Å². The molecule has 2 unspecified atom stereocenters. The molecule has 2 amide bonds.